The zero-order chi connectivity index (χ0) is 8.39. The lowest BCUT2D eigenvalue weighted by molar-refractivity contribution is 0.778. The maximum atomic E-state index is 5.04. The van der Waals surface area contributed by atoms with Gasteiger partial charge in [0.05, 0.1) is 6.54 Å². The molecule has 0 saturated heterocycles. The first-order valence-electron chi connectivity index (χ1n) is 3.48. The van der Waals surface area contributed by atoms with Gasteiger partial charge in [0, 0.05) is 24.0 Å². The van der Waals surface area contributed by atoms with E-state index in [1.807, 2.05) is 22.3 Å². The van der Waals surface area contributed by atoms with Crippen LogP contribution in [0, 0.1) is 4.77 Å². The third-order valence-corrected chi connectivity index (χ3v) is 2.63. The van der Waals surface area contributed by atoms with Gasteiger partial charge in [0.1, 0.15) is 5.01 Å². The van der Waals surface area contributed by atoms with Crippen LogP contribution in [-0.4, -0.2) is 14.5 Å². The third kappa shape index (κ3) is 1.46. The first-order valence-corrected chi connectivity index (χ1v) is 4.77. The topological polar surface area (TPSA) is 33.6 Å². The van der Waals surface area contributed by atoms with Crippen molar-refractivity contribution >= 4 is 23.6 Å². The van der Waals surface area contributed by atoms with Crippen LogP contribution in [-0.2, 0) is 6.54 Å². The molecule has 0 aliphatic rings. The molecule has 2 rings (SSSR count). The predicted octanol–water partition coefficient (Wildman–Crippen LogP) is 2.05. The summed E-state index contributed by atoms with van der Waals surface area (Å²) in [5.41, 5.74) is 0. The highest BCUT2D eigenvalue weighted by Gasteiger charge is 1.96. The maximum absolute atomic E-state index is 5.04. The van der Waals surface area contributed by atoms with E-state index in [2.05, 4.69) is 9.97 Å². The Morgan fingerprint density at radius 1 is 1.67 bits per heavy atom. The molecule has 0 atom stereocenters. The van der Waals surface area contributed by atoms with Gasteiger partial charge in [-0.1, -0.05) is 0 Å². The van der Waals surface area contributed by atoms with Crippen molar-refractivity contribution in [3.05, 3.63) is 33.7 Å². The van der Waals surface area contributed by atoms with Crippen LogP contribution in [0.2, 0.25) is 0 Å². The van der Waals surface area contributed by atoms with Gasteiger partial charge < -0.3 is 9.55 Å². The molecule has 0 fully saturated rings. The minimum Gasteiger partial charge on any atom is -0.337 e. The number of rotatable bonds is 2. The molecule has 2 aromatic rings. The monoisotopic (exact) mass is 197 g/mol. The molecule has 12 heavy (non-hydrogen) atoms. The van der Waals surface area contributed by atoms with E-state index in [1.165, 1.54) is 0 Å². The summed E-state index contributed by atoms with van der Waals surface area (Å²) in [6, 6.07) is 0. The van der Waals surface area contributed by atoms with E-state index in [0.717, 1.165) is 16.3 Å². The average molecular weight is 197 g/mol. The van der Waals surface area contributed by atoms with Crippen LogP contribution in [0.3, 0.4) is 0 Å². The van der Waals surface area contributed by atoms with E-state index in [4.69, 9.17) is 12.2 Å². The van der Waals surface area contributed by atoms with Gasteiger partial charge >= 0.3 is 0 Å². The summed E-state index contributed by atoms with van der Waals surface area (Å²) < 4.78 is 2.69. The number of hydrogen-bond donors (Lipinski definition) is 1. The molecule has 0 aliphatic carbocycles. The van der Waals surface area contributed by atoms with Crippen molar-refractivity contribution in [3.8, 4) is 0 Å². The van der Waals surface area contributed by atoms with E-state index in [0.29, 0.717) is 0 Å². The third-order valence-electron chi connectivity index (χ3n) is 1.51. The summed E-state index contributed by atoms with van der Waals surface area (Å²) in [5.74, 6) is 0. The maximum Gasteiger partial charge on any atom is 0.177 e. The van der Waals surface area contributed by atoms with Crippen molar-refractivity contribution in [3.63, 3.8) is 0 Å². The molecule has 0 amide bonds. The second-order valence-electron chi connectivity index (χ2n) is 2.32. The van der Waals surface area contributed by atoms with E-state index < -0.39 is 0 Å². The molecule has 0 aliphatic heterocycles. The van der Waals surface area contributed by atoms with Gasteiger partial charge in [0.15, 0.2) is 4.77 Å². The molecule has 3 nitrogen and oxygen atoms in total. The van der Waals surface area contributed by atoms with Crippen molar-refractivity contribution in [2.24, 2.45) is 0 Å². The van der Waals surface area contributed by atoms with E-state index in [-0.39, 0.29) is 0 Å². The lowest BCUT2D eigenvalue weighted by atomic mass is 10.6. The minimum atomic E-state index is 0.741. The number of hydrogen-bond acceptors (Lipinski definition) is 3. The second-order valence-corrected chi connectivity index (χ2v) is 3.68. The Kier molecular flexibility index (Phi) is 2.05. The van der Waals surface area contributed by atoms with Crippen molar-refractivity contribution in [2.45, 2.75) is 6.54 Å². The SMILES string of the molecule is S=c1[nH]ccn1Cc1nccs1. The first kappa shape index (κ1) is 7.70. The van der Waals surface area contributed by atoms with Crippen LogP contribution in [0.25, 0.3) is 0 Å². The number of aromatic nitrogens is 3. The van der Waals surface area contributed by atoms with Gasteiger partial charge in [-0.3, -0.25) is 0 Å². The van der Waals surface area contributed by atoms with Gasteiger partial charge in [-0.15, -0.1) is 11.3 Å². The zero-order valence-corrected chi connectivity index (χ0v) is 7.86. The van der Waals surface area contributed by atoms with Crippen molar-refractivity contribution in [2.75, 3.05) is 0 Å². The number of H-pyrrole nitrogens is 1. The Morgan fingerprint density at radius 3 is 3.17 bits per heavy atom. The predicted molar refractivity (Wildman–Crippen MR) is 50.8 cm³/mol. The highest BCUT2D eigenvalue weighted by molar-refractivity contribution is 7.71. The molecule has 5 heteroatoms. The lowest BCUT2D eigenvalue weighted by Crippen LogP contribution is -1.96. The summed E-state index contributed by atoms with van der Waals surface area (Å²) in [5, 5.41) is 3.04. The first-order chi connectivity index (χ1) is 5.86. The molecule has 2 aromatic heterocycles. The van der Waals surface area contributed by atoms with Crippen LogP contribution >= 0.6 is 23.6 Å². The van der Waals surface area contributed by atoms with E-state index in [1.54, 1.807) is 17.5 Å². The summed E-state index contributed by atoms with van der Waals surface area (Å²) in [6.45, 7) is 0.764. The molecule has 0 aromatic carbocycles. The molecule has 0 saturated carbocycles. The standard InChI is InChI=1S/C7H7N3S2/c11-7-9-1-3-10(7)5-6-8-2-4-12-6/h1-4H,5H2,(H,9,11). The summed E-state index contributed by atoms with van der Waals surface area (Å²) >= 11 is 6.68. The number of nitrogens with one attached hydrogen (secondary N) is 1. The number of thiazole rings is 1. The van der Waals surface area contributed by atoms with E-state index in [9.17, 15) is 0 Å². The van der Waals surface area contributed by atoms with Gasteiger partial charge in [0.25, 0.3) is 0 Å². The highest BCUT2D eigenvalue weighted by Crippen LogP contribution is 2.06. The van der Waals surface area contributed by atoms with Gasteiger partial charge in [0.2, 0.25) is 0 Å². The van der Waals surface area contributed by atoms with Crippen LogP contribution in [0.4, 0.5) is 0 Å². The molecule has 1 N–H and O–H groups in total. The zero-order valence-electron chi connectivity index (χ0n) is 6.23. The van der Waals surface area contributed by atoms with E-state index >= 15 is 0 Å². The van der Waals surface area contributed by atoms with Crippen molar-refractivity contribution in [1.29, 1.82) is 0 Å². The minimum absolute atomic E-state index is 0.741. The van der Waals surface area contributed by atoms with Gasteiger partial charge in [-0.25, -0.2) is 4.98 Å². The molecule has 2 heterocycles. The Hall–Kier alpha value is -0.940. The molecule has 62 valence electrons. The highest BCUT2D eigenvalue weighted by atomic mass is 32.1. The number of aromatic amines is 1. The van der Waals surface area contributed by atoms with Gasteiger partial charge in [-0.2, -0.15) is 0 Å². The molecule has 0 unspecified atom stereocenters. The van der Waals surface area contributed by atoms with Crippen molar-refractivity contribution < 1.29 is 0 Å². The molecule has 0 radical (unpaired) electrons. The van der Waals surface area contributed by atoms with Crippen LogP contribution in [0.1, 0.15) is 5.01 Å². The second kappa shape index (κ2) is 3.20. The van der Waals surface area contributed by atoms with Crippen LogP contribution in [0.5, 0.6) is 0 Å². The van der Waals surface area contributed by atoms with Crippen LogP contribution in [0.15, 0.2) is 24.0 Å². The number of imidazole rings is 1. The Bertz CT molecular complexity index is 398. The quantitative estimate of drug-likeness (QED) is 0.747. The molecule has 0 bridgehead atoms. The Labute approximate surface area is 78.7 Å². The van der Waals surface area contributed by atoms with Crippen molar-refractivity contribution in [1.82, 2.24) is 14.5 Å². The number of nitrogens with zero attached hydrogens (tertiary/aromatic N) is 2. The molecular formula is C7H7N3S2. The Balaban J connectivity index is 2.25. The average Bonchev–Trinajstić information content (AvgIpc) is 2.65. The summed E-state index contributed by atoms with van der Waals surface area (Å²) in [7, 11) is 0. The van der Waals surface area contributed by atoms with Gasteiger partial charge in [-0.05, 0) is 12.2 Å². The normalized spacial score (nSPS) is 10.3. The smallest absolute Gasteiger partial charge is 0.177 e. The largest absolute Gasteiger partial charge is 0.337 e. The fourth-order valence-corrected chi connectivity index (χ4v) is 1.76. The summed E-state index contributed by atoms with van der Waals surface area (Å²) in [6.07, 6.45) is 5.55. The Morgan fingerprint density at radius 2 is 2.58 bits per heavy atom. The summed E-state index contributed by atoms with van der Waals surface area (Å²) in [4.78, 5) is 7.11. The van der Waals surface area contributed by atoms with Crippen LogP contribution < -0.4 is 0 Å². The lowest BCUT2D eigenvalue weighted by Gasteiger charge is -1.96. The molecule has 0 spiro atoms. The fourth-order valence-electron chi connectivity index (χ4n) is 0.950. The molecular weight excluding hydrogens is 190 g/mol. The fraction of sp³-hybridized carbons (Fsp3) is 0.143.